The van der Waals surface area contributed by atoms with Crippen LogP contribution in [0.3, 0.4) is 0 Å². The molecular weight excluding hydrogens is 464 g/mol. The van der Waals surface area contributed by atoms with Crippen molar-refractivity contribution in [2.45, 2.75) is 52.3 Å². The zero-order valence-corrected chi connectivity index (χ0v) is 22.7. The van der Waals surface area contributed by atoms with Crippen LogP contribution < -0.4 is 0 Å². The van der Waals surface area contributed by atoms with Gasteiger partial charge in [-0.2, -0.15) is 5.10 Å². The predicted molar refractivity (Wildman–Crippen MR) is 157 cm³/mol. The Labute approximate surface area is 220 Å². The number of nitrogens with zero attached hydrogens (tertiary/aromatic N) is 4. The molecule has 1 N–H and O–H groups in total. The van der Waals surface area contributed by atoms with Crippen LogP contribution in [0.4, 0.5) is 5.82 Å². The van der Waals surface area contributed by atoms with Crippen LogP contribution in [0.2, 0.25) is 0 Å². The topological polar surface area (TPSA) is 62.8 Å². The predicted octanol–water partition coefficient (Wildman–Crippen LogP) is 7.25. The van der Waals surface area contributed by atoms with Gasteiger partial charge >= 0.3 is 0 Å². The first-order valence-corrected chi connectivity index (χ1v) is 13.7. The van der Waals surface area contributed by atoms with Gasteiger partial charge in [0.1, 0.15) is 6.67 Å². The fourth-order valence-corrected chi connectivity index (χ4v) is 4.81. The number of aliphatic hydroxyl groups is 1. The van der Waals surface area contributed by atoms with E-state index in [0.29, 0.717) is 19.0 Å². The number of fused-ring (bicyclic) bond motifs is 1. The van der Waals surface area contributed by atoms with Gasteiger partial charge in [0, 0.05) is 30.3 Å². The molecule has 5 nitrogen and oxygen atoms in total. The third-order valence-electron chi connectivity index (χ3n) is 6.36. The molecule has 36 heavy (non-hydrogen) atoms. The van der Waals surface area contributed by atoms with E-state index >= 15 is 0 Å². The molecule has 1 unspecified atom stereocenters. The van der Waals surface area contributed by atoms with Crippen molar-refractivity contribution in [1.82, 2.24) is 9.78 Å². The van der Waals surface area contributed by atoms with Gasteiger partial charge in [-0.05, 0) is 67.1 Å². The summed E-state index contributed by atoms with van der Waals surface area (Å²) in [6, 6.07) is 1.98. The van der Waals surface area contributed by atoms with E-state index in [9.17, 15) is 5.11 Å². The standard InChI is InChI=1S/C30H38N4OS/c1-7-11-24(9-3)27-16-22(4)20-31-29-17-26(14-15-36-6)33-34(29)21-32-28(27)13-10-12-23(8-2)25-18-30(5,35)19-25/h7-12,14-17,20,22,25,35H,1,3,13,18-19,21H2,2,4-6H3/b12-10-,15-14+,23-8+,24-11+,27-16-,31-20-,32-28-. The van der Waals surface area contributed by atoms with E-state index in [1.165, 1.54) is 5.57 Å². The van der Waals surface area contributed by atoms with E-state index in [2.05, 4.69) is 51.3 Å². The zero-order chi connectivity index (χ0) is 26.1. The maximum absolute atomic E-state index is 10.2. The number of aromatic nitrogens is 2. The molecular formula is C30H38N4OS. The minimum absolute atomic E-state index is 0.0808. The molecule has 1 aliphatic heterocycles. The summed E-state index contributed by atoms with van der Waals surface area (Å²) in [5.41, 5.74) is 4.54. The lowest BCUT2D eigenvalue weighted by atomic mass is 9.68. The molecule has 1 aromatic heterocycles. The summed E-state index contributed by atoms with van der Waals surface area (Å²) < 4.78 is 1.84. The molecule has 1 fully saturated rings. The van der Waals surface area contributed by atoms with E-state index in [-0.39, 0.29) is 5.92 Å². The van der Waals surface area contributed by atoms with Crippen molar-refractivity contribution < 1.29 is 5.11 Å². The molecule has 3 rings (SSSR count). The number of allylic oxidation sites excluding steroid dienone is 10. The molecule has 2 heterocycles. The molecule has 0 amide bonds. The molecule has 0 spiro atoms. The van der Waals surface area contributed by atoms with Crippen molar-refractivity contribution in [3.8, 4) is 0 Å². The van der Waals surface area contributed by atoms with Crippen molar-refractivity contribution in [3.05, 3.63) is 89.6 Å². The van der Waals surface area contributed by atoms with Gasteiger partial charge in [0.25, 0.3) is 0 Å². The molecule has 0 radical (unpaired) electrons. The summed E-state index contributed by atoms with van der Waals surface area (Å²) in [6.45, 7) is 14.4. The first-order chi connectivity index (χ1) is 17.3. The van der Waals surface area contributed by atoms with Gasteiger partial charge in [-0.15, -0.1) is 11.8 Å². The second-order valence-corrected chi connectivity index (χ2v) is 10.2. The van der Waals surface area contributed by atoms with E-state index < -0.39 is 5.60 Å². The second-order valence-electron chi connectivity index (χ2n) is 9.49. The Bertz CT molecular complexity index is 1170. The third-order valence-corrected chi connectivity index (χ3v) is 6.77. The molecule has 1 atom stereocenters. The van der Waals surface area contributed by atoms with E-state index in [1.54, 1.807) is 17.8 Å². The van der Waals surface area contributed by atoms with Gasteiger partial charge in [0.15, 0.2) is 5.82 Å². The van der Waals surface area contributed by atoms with Crippen molar-refractivity contribution in [1.29, 1.82) is 0 Å². The molecule has 0 aromatic carbocycles. The lowest BCUT2D eigenvalue weighted by molar-refractivity contribution is -0.0440. The minimum atomic E-state index is -0.541. The number of hydrogen-bond donors (Lipinski definition) is 1. The largest absolute Gasteiger partial charge is 0.390 e. The summed E-state index contributed by atoms with van der Waals surface area (Å²) in [6.07, 6.45) is 22.5. The van der Waals surface area contributed by atoms with Gasteiger partial charge in [-0.1, -0.05) is 62.6 Å². The van der Waals surface area contributed by atoms with Gasteiger partial charge in [0.05, 0.1) is 11.3 Å². The Hall–Kier alpha value is -2.96. The fourth-order valence-electron chi connectivity index (χ4n) is 4.53. The van der Waals surface area contributed by atoms with Crippen LogP contribution in [0.15, 0.2) is 93.9 Å². The first kappa shape index (κ1) is 27.6. The molecule has 0 bridgehead atoms. The first-order valence-electron chi connectivity index (χ1n) is 12.4. The highest BCUT2D eigenvalue weighted by atomic mass is 32.2. The van der Waals surface area contributed by atoms with Crippen LogP contribution in [0.1, 0.15) is 45.7 Å². The van der Waals surface area contributed by atoms with Crippen molar-refractivity contribution in [2.24, 2.45) is 21.8 Å². The van der Waals surface area contributed by atoms with Crippen LogP contribution in [-0.4, -0.2) is 38.7 Å². The summed E-state index contributed by atoms with van der Waals surface area (Å²) in [5, 5.41) is 16.9. The van der Waals surface area contributed by atoms with E-state index in [0.717, 1.165) is 41.2 Å². The van der Waals surface area contributed by atoms with Gasteiger partial charge in [-0.3, -0.25) is 4.99 Å². The fraction of sp³-hybridized carbons (Fsp3) is 0.367. The summed E-state index contributed by atoms with van der Waals surface area (Å²) in [7, 11) is 0. The van der Waals surface area contributed by atoms with Crippen molar-refractivity contribution in [2.75, 3.05) is 6.26 Å². The minimum Gasteiger partial charge on any atom is -0.390 e. The summed E-state index contributed by atoms with van der Waals surface area (Å²) >= 11 is 1.64. The lowest BCUT2D eigenvalue weighted by Crippen LogP contribution is -2.41. The Morgan fingerprint density at radius 2 is 2.11 bits per heavy atom. The normalized spacial score (nSPS) is 29.1. The summed E-state index contributed by atoms with van der Waals surface area (Å²) in [5.74, 6) is 1.27. The smallest absolute Gasteiger partial charge is 0.152 e. The highest BCUT2D eigenvalue weighted by molar-refractivity contribution is 8.01. The zero-order valence-electron chi connectivity index (χ0n) is 21.9. The molecule has 0 saturated heterocycles. The monoisotopic (exact) mass is 502 g/mol. The van der Waals surface area contributed by atoms with Crippen LogP contribution in [0, 0.1) is 11.8 Å². The maximum atomic E-state index is 10.2. The van der Waals surface area contributed by atoms with Gasteiger partial charge < -0.3 is 5.11 Å². The van der Waals surface area contributed by atoms with Crippen LogP contribution in [0.5, 0.6) is 0 Å². The van der Waals surface area contributed by atoms with Gasteiger partial charge in [0.2, 0.25) is 0 Å². The Morgan fingerprint density at radius 3 is 2.75 bits per heavy atom. The molecule has 190 valence electrons. The summed E-state index contributed by atoms with van der Waals surface area (Å²) in [4.78, 5) is 9.73. The molecule has 1 aliphatic carbocycles. The highest BCUT2D eigenvalue weighted by Gasteiger charge is 2.39. The number of rotatable bonds is 9. The molecule has 6 heteroatoms. The maximum Gasteiger partial charge on any atom is 0.152 e. The molecule has 2 aliphatic rings. The third kappa shape index (κ3) is 7.28. The highest BCUT2D eigenvalue weighted by Crippen LogP contribution is 2.42. The molecule has 1 saturated carbocycles. The van der Waals surface area contributed by atoms with Crippen LogP contribution in [0.25, 0.3) is 6.08 Å². The van der Waals surface area contributed by atoms with E-state index in [4.69, 9.17) is 15.1 Å². The van der Waals surface area contributed by atoms with Crippen molar-refractivity contribution in [3.63, 3.8) is 0 Å². The SMILES string of the molecule is C=C/C=C(C=C)/C1=C/C(C)/C=N\c2cc(/C=C/SC)nn2C/N=C\1C/C=C\C(=C/C)C1CC(C)(O)C1. The average molecular weight is 503 g/mol. The number of aliphatic imine (C=N–C) groups is 2. The quantitative estimate of drug-likeness (QED) is 0.362. The van der Waals surface area contributed by atoms with Gasteiger partial charge in [-0.25, -0.2) is 9.67 Å². The lowest BCUT2D eigenvalue weighted by Gasteiger charge is -2.41. The van der Waals surface area contributed by atoms with Crippen LogP contribution in [-0.2, 0) is 6.67 Å². The Balaban J connectivity index is 1.96. The number of hydrogen-bond acceptors (Lipinski definition) is 5. The Morgan fingerprint density at radius 1 is 1.33 bits per heavy atom. The molecule has 1 aromatic rings. The van der Waals surface area contributed by atoms with E-state index in [1.807, 2.05) is 53.8 Å². The second kappa shape index (κ2) is 12.8. The number of thioether (sulfide) groups is 1. The average Bonchev–Trinajstić information content (AvgIpc) is 3.23. The Kier molecular flexibility index (Phi) is 9.85. The van der Waals surface area contributed by atoms with Crippen molar-refractivity contribution >= 4 is 35.6 Å². The van der Waals surface area contributed by atoms with Crippen LogP contribution >= 0.6 is 11.8 Å².